The Hall–Kier alpha value is -3.87. The van der Waals surface area contributed by atoms with Gasteiger partial charge in [-0.1, -0.05) is 0 Å². The van der Waals surface area contributed by atoms with Crippen molar-refractivity contribution in [3.05, 3.63) is 71.0 Å². The Morgan fingerprint density at radius 3 is 2.24 bits per heavy atom. The van der Waals surface area contributed by atoms with Gasteiger partial charge in [0.2, 0.25) is 0 Å². The molecule has 0 atom stereocenters. The van der Waals surface area contributed by atoms with Crippen molar-refractivity contribution in [2.45, 2.75) is 19.5 Å². The molecule has 1 aliphatic heterocycles. The predicted octanol–water partition coefficient (Wildman–Crippen LogP) is 3.76. The van der Waals surface area contributed by atoms with Gasteiger partial charge in [0.15, 0.2) is 5.69 Å². The molecule has 1 aliphatic rings. The van der Waals surface area contributed by atoms with Gasteiger partial charge in [-0.25, -0.2) is 13.1 Å². The number of carbonyl (C=O) groups excluding carboxylic acids is 1. The molecule has 1 aromatic heterocycles. The van der Waals surface area contributed by atoms with Crippen LogP contribution >= 0.6 is 0 Å². The minimum atomic E-state index is -4.73. The zero-order valence-electron chi connectivity index (χ0n) is 21.2. The molecule has 13 heteroatoms. The van der Waals surface area contributed by atoms with E-state index in [2.05, 4.69) is 9.50 Å². The minimum Gasteiger partial charge on any atom is -0.497 e. The Morgan fingerprint density at radius 2 is 1.71 bits per heavy atom. The number of benzene rings is 2. The number of sulfonamides is 1. The van der Waals surface area contributed by atoms with Crippen molar-refractivity contribution < 1.29 is 31.1 Å². The van der Waals surface area contributed by atoms with E-state index in [1.165, 1.54) is 24.1 Å². The summed E-state index contributed by atoms with van der Waals surface area (Å²) in [6.45, 7) is 2.36. The van der Waals surface area contributed by atoms with Gasteiger partial charge in [-0.2, -0.15) is 18.3 Å². The van der Waals surface area contributed by atoms with E-state index >= 15 is 0 Å². The standard InChI is InChI=1S/C25H26F3N5O4S/c1-5-31(2)23(30-38(4,35)36)16-6-8-17(9-7-16)32-15-14-20-21(24(32)34)33(29-22(20)25(26,27)28)18-10-12-19(37-3)13-11-18/h6-13H,5,14-15H2,1-4H3. The normalized spacial score (nSPS) is 14.4. The van der Waals surface area contributed by atoms with Crippen LogP contribution in [0.15, 0.2) is 52.9 Å². The molecule has 2 aromatic carbocycles. The van der Waals surface area contributed by atoms with E-state index in [9.17, 15) is 26.4 Å². The zero-order chi connectivity index (χ0) is 27.8. The average Bonchev–Trinajstić information content (AvgIpc) is 3.28. The van der Waals surface area contributed by atoms with Crippen molar-refractivity contribution in [1.82, 2.24) is 14.7 Å². The second-order valence-corrected chi connectivity index (χ2v) is 10.3. The molecule has 3 aromatic rings. The lowest BCUT2D eigenvalue weighted by Crippen LogP contribution is -2.39. The first kappa shape index (κ1) is 27.2. The summed E-state index contributed by atoms with van der Waals surface area (Å²) in [5.41, 5.74) is -0.168. The van der Waals surface area contributed by atoms with E-state index in [1.54, 1.807) is 48.3 Å². The predicted molar refractivity (Wildman–Crippen MR) is 137 cm³/mol. The number of rotatable bonds is 6. The SMILES string of the molecule is CCN(C)C(=NS(C)(=O)=O)c1ccc(N2CCc3c(C(F)(F)F)nn(-c4ccc(OC)cc4)c3C2=O)cc1. The van der Waals surface area contributed by atoms with Crippen LogP contribution in [0.5, 0.6) is 5.75 Å². The van der Waals surface area contributed by atoms with Gasteiger partial charge in [0, 0.05) is 37.0 Å². The summed E-state index contributed by atoms with van der Waals surface area (Å²) < 4.78 is 75.0. The molecule has 9 nitrogen and oxygen atoms in total. The summed E-state index contributed by atoms with van der Waals surface area (Å²) in [7, 11) is -0.504. The van der Waals surface area contributed by atoms with Gasteiger partial charge in [0.25, 0.3) is 15.9 Å². The smallest absolute Gasteiger partial charge is 0.435 e. The maximum atomic E-state index is 13.8. The van der Waals surface area contributed by atoms with Gasteiger partial charge in [-0.3, -0.25) is 4.79 Å². The quantitative estimate of drug-likeness (QED) is 0.343. The first-order valence-electron chi connectivity index (χ1n) is 11.6. The number of hydrogen-bond donors (Lipinski definition) is 0. The highest BCUT2D eigenvalue weighted by atomic mass is 32.2. The van der Waals surface area contributed by atoms with Gasteiger partial charge in [-0.05, 0) is 61.9 Å². The molecule has 2 heterocycles. The highest BCUT2D eigenvalue weighted by molar-refractivity contribution is 7.89. The maximum Gasteiger partial charge on any atom is 0.435 e. The van der Waals surface area contributed by atoms with Crippen molar-refractivity contribution in [1.29, 1.82) is 0 Å². The number of hydrogen-bond acceptors (Lipinski definition) is 5. The van der Waals surface area contributed by atoms with E-state index in [1.807, 2.05) is 6.92 Å². The minimum absolute atomic E-state index is 0.0156. The number of amides is 1. The second kappa shape index (κ2) is 10.1. The summed E-state index contributed by atoms with van der Waals surface area (Å²) in [6.07, 6.45) is -3.78. The van der Waals surface area contributed by atoms with Gasteiger partial charge in [-0.15, -0.1) is 4.40 Å². The zero-order valence-corrected chi connectivity index (χ0v) is 22.0. The molecular formula is C25H26F3N5O4S. The van der Waals surface area contributed by atoms with Crippen molar-refractivity contribution in [2.75, 3.05) is 38.4 Å². The number of methoxy groups -OCH3 is 1. The fraction of sp³-hybridized carbons (Fsp3) is 0.320. The van der Waals surface area contributed by atoms with Gasteiger partial charge in [0.05, 0.1) is 19.1 Å². The Balaban J connectivity index is 1.75. The molecule has 202 valence electrons. The molecule has 0 N–H and O–H groups in total. The molecule has 1 amide bonds. The number of ether oxygens (including phenoxy) is 1. The van der Waals surface area contributed by atoms with Crippen LogP contribution in [-0.4, -0.2) is 68.3 Å². The lowest BCUT2D eigenvalue weighted by Gasteiger charge is -2.28. The molecule has 0 saturated carbocycles. The lowest BCUT2D eigenvalue weighted by atomic mass is 10.0. The summed E-state index contributed by atoms with van der Waals surface area (Å²) in [5.74, 6) is 0.112. The summed E-state index contributed by atoms with van der Waals surface area (Å²) in [6, 6.07) is 12.7. The summed E-state index contributed by atoms with van der Waals surface area (Å²) in [4.78, 5) is 16.6. The summed E-state index contributed by atoms with van der Waals surface area (Å²) in [5, 5.41) is 3.79. The van der Waals surface area contributed by atoms with Crippen LogP contribution in [0.25, 0.3) is 5.69 Å². The average molecular weight is 550 g/mol. The van der Waals surface area contributed by atoms with E-state index in [4.69, 9.17) is 4.74 Å². The van der Waals surface area contributed by atoms with E-state index < -0.39 is 27.8 Å². The number of halogens is 3. The molecule has 0 saturated heterocycles. The van der Waals surface area contributed by atoms with Gasteiger partial charge in [0.1, 0.15) is 17.3 Å². The van der Waals surface area contributed by atoms with Gasteiger partial charge >= 0.3 is 6.18 Å². The molecule has 0 fully saturated rings. The Kier molecular flexibility index (Phi) is 7.24. The van der Waals surface area contributed by atoms with Crippen LogP contribution in [0.2, 0.25) is 0 Å². The Bertz CT molecular complexity index is 1480. The molecule has 0 bridgehead atoms. The largest absolute Gasteiger partial charge is 0.497 e. The molecule has 0 spiro atoms. The number of alkyl halides is 3. The number of amidine groups is 1. The number of anilines is 1. The Morgan fingerprint density at radius 1 is 1.11 bits per heavy atom. The van der Waals surface area contributed by atoms with Crippen LogP contribution in [-0.2, 0) is 22.6 Å². The third-order valence-electron chi connectivity index (χ3n) is 6.13. The highest BCUT2D eigenvalue weighted by Crippen LogP contribution is 2.37. The van der Waals surface area contributed by atoms with Crippen LogP contribution in [0.4, 0.5) is 18.9 Å². The fourth-order valence-corrected chi connectivity index (χ4v) is 4.74. The fourth-order valence-electron chi connectivity index (χ4n) is 4.18. The number of carbonyl (C=O) groups is 1. The number of nitrogens with zero attached hydrogens (tertiary/aromatic N) is 5. The molecule has 0 unspecified atom stereocenters. The van der Waals surface area contributed by atoms with Crippen LogP contribution in [0, 0.1) is 0 Å². The number of fused-ring (bicyclic) bond motifs is 1. The van der Waals surface area contributed by atoms with Crippen LogP contribution in [0.1, 0.15) is 34.2 Å². The topological polar surface area (TPSA) is 97.1 Å². The van der Waals surface area contributed by atoms with Crippen LogP contribution in [0.3, 0.4) is 0 Å². The van der Waals surface area contributed by atoms with Crippen molar-refractivity contribution >= 4 is 27.5 Å². The first-order valence-corrected chi connectivity index (χ1v) is 13.5. The van der Waals surface area contributed by atoms with Crippen molar-refractivity contribution in [3.63, 3.8) is 0 Å². The monoisotopic (exact) mass is 549 g/mol. The Labute approximate surface area is 218 Å². The van der Waals surface area contributed by atoms with E-state index in [0.717, 1.165) is 10.9 Å². The molecule has 4 rings (SSSR count). The first-order chi connectivity index (χ1) is 17.8. The third-order valence-corrected chi connectivity index (χ3v) is 6.63. The van der Waals surface area contributed by atoms with E-state index in [0.29, 0.717) is 23.5 Å². The van der Waals surface area contributed by atoms with Crippen molar-refractivity contribution in [2.24, 2.45) is 4.40 Å². The number of aromatic nitrogens is 2. The van der Waals surface area contributed by atoms with Crippen molar-refractivity contribution in [3.8, 4) is 11.4 Å². The van der Waals surface area contributed by atoms with Gasteiger partial charge < -0.3 is 14.5 Å². The third kappa shape index (κ3) is 5.37. The second-order valence-electron chi connectivity index (χ2n) is 8.70. The summed E-state index contributed by atoms with van der Waals surface area (Å²) >= 11 is 0. The van der Waals surface area contributed by atoms with Crippen LogP contribution < -0.4 is 9.64 Å². The molecular weight excluding hydrogens is 523 g/mol. The lowest BCUT2D eigenvalue weighted by molar-refractivity contribution is -0.141. The highest BCUT2D eigenvalue weighted by Gasteiger charge is 2.43. The molecule has 38 heavy (non-hydrogen) atoms. The van der Waals surface area contributed by atoms with E-state index in [-0.39, 0.29) is 35.7 Å². The molecule has 0 aliphatic carbocycles. The maximum absolute atomic E-state index is 13.8. The molecule has 0 radical (unpaired) electrons.